The molecule has 8 heteroatoms. The van der Waals surface area contributed by atoms with Crippen molar-refractivity contribution in [3.63, 3.8) is 0 Å². The standard InChI is InChI=1S/C33H39F3N4O/c1-4-39(5-2)20-10-11-24(3)37-32(41)17-9-16-29-23-31(27-14-8-15-28(21-27)33(34,35)36)38-40(29)30-19-18-25-12-6-7-13-26(25)22-30/h6-8,12-15,18-19,21-24H,4-5,9-11,16-17,20H2,1-3H3,(H,37,41). The molecule has 218 valence electrons. The van der Waals surface area contributed by atoms with Gasteiger partial charge in [0.1, 0.15) is 0 Å². The summed E-state index contributed by atoms with van der Waals surface area (Å²) < 4.78 is 41.9. The summed E-state index contributed by atoms with van der Waals surface area (Å²) in [7, 11) is 0. The Morgan fingerprint density at radius 1 is 0.951 bits per heavy atom. The first-order chi connectivity index (χ1) is 19.7. The number of rotatable bonds is 13. The lowest BCUT2D eigenvalue weighted by atomic mass is 10.1. The molecule has 1 atom stereocenters. The first-order valence-corrected chi connectivity index (χ1v) is 14.5. The number of fused-ring (bicyclic) bond motifs is 1. The van der Waals surface area contributed by atoms with Crippen molar-refractivity contribution in [2.75, 3.05) is 19.6 Å². The summed E-state index contributed by atoms with van der Waals surface area (Å²) in [6.07, 6.45) is -0.955. The number of aryl methyl sites for hydroxylation is 1. The summed E-state index contributed by atoms with van der Waals surface area (Å²) in [5.74, 6) is 0.00946. The quantitative estimate of drug-likeness (QED) is 0.181. The summed E-state index contributed by atoms with van der Waals surface area (Å²) in [6, 6.07) is 21.2. The van der Waals surface area contributed by atoms with Crippen LogP contribution in [-0.4, -0.2) is 46.3 Å². The van der Waals surface area contributed by atoms with Crippen molar-refractivity contribution >= 4 is 16.7 Å². The summed E-state index contributed by atoms with van der Waals surface area (Å²) in [4.78, 5) is 15.0. The molecule has 1 heterocycles. The molecule has 1 amide bonds. The molecule has 3 aromatic carbocycles. The molecule has 1 unspecified atom stereocenters. The van der Waals surface area contributed by atoms with Crippen LogP contribution in [-0.2, 0) is 17.4 Å². The minimum atomic E-state index is -4.43. The highest BCUT2D eigenvalue weighted by atomic mass is 19.4. The zero-order valence-corrected chi connectivity index (χ0v) is 24.0. The predicted molar refractivity (Wildman–Crippen MR) is 159 cm³/mol. The Labute approximate surface area is 240 Å². The molecule has 0 aliphatic heterocycles. The summed E-state index contributed by atoms with van der Waals surface area (Å²) in [5, 5.41) is 9.97. The Morgan fingerprint density at radius 2 is 1.71 bits per heavy atom. The van der Waals surface area contributed by atoms with Crippen molar-refractivity contribution in [3.8, 4) is 16.9 Å². The Kier molecular flexibility index (Phi) is 10.2. The van der Waals surface area contributed by atoms with Crippen molar-refractivity contribution in [1.29, 1.82) is 0 Å². The van der Waals surface area contributed by atoms with E-state index in [1.54, 1.807) is 10.7 Å². The molecule has 0 spiro atoms. The van der Waals surface area contributed by atoms with Crippen LogP contribution in [0.3, 0.4) is 0 Å². The van der Waals surface area contributed by atoms with Gasteiger partial charge < -0.3 is 10.2 Å². The maximum atomic E-state index is 13.4. The molecule has 0 fully saturated rings. The number of nitrogens with zero attached hydrogens (tertiary/aromatic N) is 3. The van der Waals surface area contributed by atoms with Gasteiger partial charge in [-0.25, -0.2) is 4.68 Å². The van der Waals surface area contributed by atoms with E-state index in [0.29, 0.717) is 30.5 Å². The number of benzene rings is 3. The zero-order valence-electron chi connectivity index (χ0n) is 24.0. The monoisotopic (exact) mass is 564 g/mol. The van der Waals surface area contributed by atoms with Crippen LogP contribution in [0.5, 0.6) is 0 Å². The topological polar surface area (TPSA) is 50.2 Å². The molecule has 0 aliphatic carbocycles. The van der Waals surface area contributed by atoms with Gasteiger partial charge in [-0.05, 0) is 93.3 Å². The number of hydrogen-bond acceptors (Lipinski definition) is 3. The SMILES string of the molecule is CCN(CC)CCCC(C)NC(=O)CCCc1cc(-c2cccc(C(F)(F)F)c2)nn1-c1ccc2ccccc2c1. The molecule has 4 aromatic rings. The third-order valence-corrected chi connectivity index (χ3v) is 7.50. The van der Waals surface area contributed by atoms with Crippen LogP contribution in [0.2, 0.25) is 0 Å². The van der Waals surface area contributed by atoms with E-state index in [1.165, 1.54) is 6.07 Å². The van der Waals surface area contributed by atoms with E-state index in [9.17, 15) is 18.0 Å². The molecule has 0 saturated heterocycles. The van der Waals surface area contributed by atoms with Gasteiger partial charge in [0.15, 0.2) is 0 Å². The molecule has 1 N–H and O–H groups in total. The third-order valence-electron chi connectivity index (χ3n) is 7.50. The highest BCUT2D eigenvalue weighted by Gasteiger charge is 2.30. The van der Waals surface area contributed by atoms with Crippen molar-refractivity contribution in [2.45, 2.75) is 65.1 Å². The first kappa shape index (κ1) is 30.3. The van der Waals surface area contributed by atoms with E-state index in [1.807, 2.05) is 55.5 Å². The lowest BCUT2D eigenvalue weighted by molar-refractivity contribution is -0.137. The van der Waals surface area contributed by atoms with Crippen molar-refractivity contribution in [1.82, 2.24) is 20.0 Å². The van der Waals surface area contributed by atoms with E-state index < -0.39 is 11.7 Å². The molecule has 41 heavy (non-hydrogen) atoms. The Bertz CT molecular complexity index is 1440. The second kappa shape index (κ2) is 13.8. The van der Waals surface area contributed by atoms with Crippen molar-refractivity contribution in [2.24, 2.45) is 0 Å². The summed E-state index contributed by atoms with van der Waals surface area (Å²) in [5.41, 5.74) is 1.82. The minimum Gasteiger partial charge on any atom is -0.354 e. The molecule has 5 nitrogen and oxygen atoms in total. The van der Waals surface area contributed by atoms with Gasteiger partial charge in [-0.15, -0.1) is 0 Å². The van der Waals surface area contributed by atoms with Gasteiger partial charge in [0.25, 0.3) is 0 Å². The van der Waals surface area contributed by atoms with Crippen LogP contribution in [0.15, 0.2) is 72.8 Å². The molecule has 0 aliphatic rings. The van der Waals surface area contributed by atoms with E-state index in [0.717, 1.165) is 66.8 Å². The number of nitrogens with one attached hydrogen (secondary N) is 1. The maximum absolute atomic E-state index is 13.4. The van der Waals surface area contributed by atoms with Crippen LogP contribution in [0.25, 0.3) is 27.7 Å². The average molecular weight is 565 g/mol. The summed E-state index contributed by atoms with van der Waals surface area (Å²) >= 11 is 0. The minimum absolute atomic E-state index is 0.00946. The van der Waals surface area contributed by atoms with Gasteiger partial charge in [-0.2, -0.15) is 18.3 Å². The molecular formula is C33H39F3N4O. The fourth-order valence-electron chi connectivity index (χ4n) is 5.14. The van der Waals surface area contributed by atoms with Crippen LogP contribution in [0.1, 0.15) is 57.7 Å². The lowest BCUT2D eigenvalue weighted by Gasteiger charge is -2.19. The third kappa shape index (κ3) is 8.19. The Hall–Kier alpha value is -3.65. The smallest absolute Gasteiger partial charge is 0.354 e. The first-order valence-electron chi connectivity index (χ1n) is 14.5. The number of halogens is 3. The van der Waals surface area contributed by atoms with E-state index in [-0.39, 0.29) is 11.9 Å². The molecular weight excluding hydrogens is 525 g/mol. The Morgan fingerprint density at radius 3 is 2.44 bits per heavy atom. The average Bonchev–Trinajstić information content (AvgIpc) is 3.39. The molecule has 0 radical (unpaired) electrons. The highest BCUT2D eigenvalue weighted by Crippen LogP contribution is 2.32. The van der Waals surface area contributed by atoms with Crippen LogP contribution < -0.4 is 5.32 Å². The molecule has 0 bridgehead atoms. The van der Waals surface area contributed by atoms with Crippen molar-refractivity contribution in [3.05, 3.63) is 84.1 Å². The van der Waals surface area contributed by atoms with Gasteiger partial charge in [0.05, 0.1) is 16.9 Å². The molecule has 0 saturated carbocycles. The van der Waals surface area contributed by atoms with Crippen LogP contribution >= 0.6 is 0 Å². The van der Waals surface area contributed by atoms with Crippen LogP contribution in [0, 0.1) is 0 Å². The number of carbonyl (C=O) groups excluding carboxylic acids is 1. The number of amides is 1. The number of hydrogen-bond donors (Lipinski definition) is 1. The van der Waals surface area contributed by atoms with Gasteiger partial charge in [0, 0.05) is 23.7 Å². The van der Waals surface area contributed by atoms with Crippen LogP contribution in [0.4, 0.5) is 13.2 Å². The number of aromatic nitrogens is 2. The van der Waals surface area contributed by atoms with E-state index in [2.05, 4.69) is 24.1 Å². The van der Waals surface area contributed by atoms with Gasteiger partial charge in [-0.3, -0.25) is 4.79 Å². The Balaban J connectivity index is 1.48. The largest absolute Gasteiger partial charge is 0.416 e. The fourth-order valence-corrected chi connectivity index (χ4v) is 5.14. The zero-order chi connectivity index (χ0) is 29.4. The van der Waals surface area contributed by atoms with E-state index >= 15 is 0 Å². The van der Waals surface area contributed by atoms with Crippen molar-refractivity contribution < 1.29 is 18.0 Å². The van der Waals surface area contributed by atoms with Gasteiger partial charge in [-0.1, -0.05) is 56.3 Å². The molecule has 1 aromatic heterocycles. The predicted octanol–water partition coefficient (Wildman–Crippen LogP) is 7.66. The normalized spacial score (nSPS) is 12.7. The number of alkyl halides is 3. The molecule has 4 rings (SSSR count). The van der Waals surface area contributed by atoms with E-state index in [4.69, 9.17) is 5.10 Å². The van der Waals surface area contributed by atoms with Gasteiger partial charge >= 0.3 is 6.18 Å². The lowest BCUT2D eigenvalue weighted by Crippen LogP contribution is -2.33. The summed E-state index contributed by atoms with van der Waals surface area (Å²) in [6.45, 7) is 9.44. The second-order valence-electron chi connectivity index (χ2n) is 10.5. The highest BCUT2D eigenvalue weighted by molar-refractivity contribution is 5.84. The number of carbonyl (C=O) groups is 1. The van der Waals surface area contributed by atoms with Gasteiger partial charge in [0.2, 0.25) is 5.91 Å². The second-order valence-corrected chi connectivity index (χ2v) is 10.5. The fraction of sp³-hybridized carbons (Fsp3) is 0.394. The maximum Gasteiger partial charge on any atom is 0.416 e.